The Morgan fingerprint density at radius 3 is 2.08 bits per heavy atom. The summed E-state index contributed by atoms with van der Waals surface area (Å²) >= 11 is 0. The number of unbranched alkanes of at least 4 members (excludes halogenated alkanes) is 6. The molecule has 1 N–H and O–H groups in total. The minimum absolute atomic E-state index is 0.0175. The van der Waals surface area contributed by atoms with Crippen LogP contribution in [0, 0.1) is 0 Å². The van der Waals surface area contributed by atoms with Crippen LogP contribution < -0.4 is 4.72 Å². The number of hydrogen-bond acceptors (Lipinski definition) is 2. The molecule has 0 aromatic rings. The minimum atomic E-state index is -3.14. The Morgan fingerprint density at radius 2 is 1.54 bits per heavy atom. The fraction of sp³-hybridized carbons (Fsp3) is 0.905. The monoisotopic (exact) mass is 389 g/mol. The molecular formula is C21H45N2O2S+. The topological polar surface area (TPSA) is 46.2 Å². The molecule has 0 aliphatic rings. The number of hydrogen-bond donors (Lipinski definition) is 1. The predicted molar refractivity (Wildman–Crippen MR) is 115 cm³/mol. The molecule has 0 saturated heterocycles. The van der Waals surface area contributed by atoms with Gasteiger partial charge >= 0.3 is 0 Å². The first-order valence-electron chi connectivity index (χ1n) is 10.8. The van der Waals surface area contributed by atoms with Crippen LogP contribution in [0.2, 0.25) is 0 Å². The van der Waals surface area contributed by atoms with E-state index in [-0.39, 0.29) is 11.8 Å². The molecule has 4 nitrogen and oxygen atoms in total. The summed E-state index contributed by atoms with van der Waals surface area (Å²) in [6, 6.07) is 0.0175. The quantitative estimate of drug-likeness (QED) is 0.206. The molecule has 0 bridgehead atoms. The lowest BCUT2D eigenvalue weighted by Gasteiger charge is -2.36. The summed E-state index contributed by atoms with van der Waals surface area (Å²) < 4.78 is 28.4. The third-order valence-corrected chi connectivity index (χ3v) is 7.11. The molecule has 0 aliphatic heterocycles. The summed E-state index contributed by atoms with van der Waals surface area (Å²) in [4.78, 5) is 0. The van der Waals surface area contributed by atoms with Gasteiger partial charge in [-0.05, 0) is 46.1 Å². The number of nitrogens with zero attached hydrogens (tertiary/aromatic N) is 1. The fourth-order valence-electron chi connectivity index (χ4n) is 3.57. The standard InChI is InChI=1S/C21H45N2O2S/c1-6-10-11-12-13-14-15-20-26(24,25)22-21(5)17-16-19-23(8-3,9-4)18-7-2/h7,21-22H,2,6,8-20H2,1,3-5H3/q+1. The van der Waals surface area contributed by atoms with E-state index in [1.54, 1.807) is 0 Å². The van der Waals surface area contributed by atoms with Crippen LogP contribution in [0.25, 0.3) is 0 Å². The molecule has 0 radical (unpaired) electrons. The van der Waals surface area contributed by atoms with Gasteiger partial charge in [-0.15, -0.1) is 0 Å². The molecule has 26 heavy (non-hydrogen) atoms. The summed E-state index contributed by atoms with van der Waals surface area (Å²) in [5, 5.41) is 0. The average Bonchev–Trinajstić information content (AvgIpc) is 2.59. The Bertz CT molecular complexity index is 445. The maximum absolute atomic E-state index is 12.2. The Balaban J connectivity index is 4.05. The highest BCUT2D eigenvalue weighted by Gasteiger charge is 2.22. The van der Waals surface area contributed by atoms with Gasteiger partial charge in [-0.1, -0.05) is 52.0 Å². The Hall–Kier alpha value is -0.390. The van der Waals surface area contributed by atoms with Crippen molar-refractivity contribution in [1.82, 2.24) is 4.72 Å². The van der Waals surface area contributed by atoms with Crippen LogP contribution >= 0.6 is 0 Å². The Kier molecular flexibility index (Phi) is 14.4. The largest absolute Gasteiger partial charge is 0.321 e. The van der Waals surface area contributed by atoms with Gasteiger partial charge in [0, 0.05) is 6.04 Å². The SMILES string of the molecule is C=CC[N+](CC)(CC)CCCC(C)NS(=O)(=O)CCCCCCCCC. The van der Waals surface area contributed by atoms with Crippen LogP contribution in [0.5, 0.6) is 0 Å². The van der Waals surface area contributed by atoms with E-state index in [1.165, 1.54) is 25.7 Å². The molecule has 1 unspecified atom stereocenters. The average molecular weight is 390 g/mol. The van der Waals surface area contributed by atoms with E-state index in [0.29, 0.717) is 0 Å². The molecular weight excluding hydrogens is 344 g/mol. The zero-order valence-electron chi connectivity index (χ0n) is 17.9. The molecule has 0 fully saturated rings. The van der Waals surface area contributed by atoms with Crippen molar-refractivity contribution in [1.29, 1.82) is 0 Å². The normalized spacial score (nSPS) is 13.7. The van der Waals surface area contributed by atoms with Crippen molar-refractivity contribution in [3.8, 4) is 0 Å². The van der Waals surface area contributed by atoms with Crippen LogP contribution in [0.1, 0.15) is 85.5 Å². The van der Waals surface area contributed by atoms with E-state index in [2.05, 4.69) is 32.1 Å². The molecule has 5 heteroatoms. The second kappa shape index (κ2) is 14.6. The van der Waals surface area contributed by atoms with Gasteiger partial charge < -0.3 is 4.48 Å². The maximum Gasteiger partial charge on any atom is 0.211 e. The highest BCUT2D eigenvalue weighted by molar-refractivity contribution is 7.89. The van der Waals surface area contributed by atoms with E-state index < -0.39 is 10.0 Å². The van der Waals surface area contributed by atoms with E-state index >= 15 is 0 Å². The molecule has 0 aliphatic carbocycles. The van der Waals surface area contributed by atoms with Gasteiger partial charge in [0.15, 0.2) is 0 Å². The third kappa shape index (κ3) is 12.1. The van der Waals surface area contributed by atoms with Crippen LogP contribution in [0.3, 0.4) is 0 Å². The number of sulfonamides is 1. The number of rotatable bonds is 18. The van der Waals surface area contributed by atoms with Crippen molar-refractivity contribution in [2.45, 2.75) is 91.5 Å². The Labute approximate surface area is 164 Å². The molecule has 156 valence electrons. The summed E-state index contributed by atoms with van der Waals surface area (Å²) in [5.74, 6) is 0.269. The molecule has 1 atom stereocenters. The maximum atomic E-state index is 12.2. The lowest BCUT2D eigenvalue weighted by molar-refractivity contribution is -0.919. The van der Waals surface area contributed by atoms with Crippen LogP contribution in [-0.4, -0.2) is 50.9 Å². The lowest BCUT2D eigenvalue weighted by Crippen LogP contribution is -2.48. The van der Waals surface area contributed by atoms with Crippen molar-refractivity contribution in [3.63, 3.8) is 0 Å². The van der Waals surface area contributed by atoms with Crippen LogP contribution in [0.4, 0.5) is 0 Å². The van der Waals surface area contributed by atoms with Crippen LogP contribution in [-0.2, 0) is 10.0 Å². The van der Waals surface area contributed by atoms with E-state index in [9.17, 15) is 8.42 Å². The van der Waals surface area contributed by atoms with Crippen molar-refractivity contribution >= 4 is 10.0 Å². The summed E-state index contributed by atoms with van der Waals surface area (Å²) in [6.07, 6.45) is 11.9. The smallest absolute Gasteiger partial charge is 0.211 e. The summed E-state index contributed by atoms with van der Waals surface area (Å²) in [6.45, 7) is 16.8. The third-order valence-electron chi connectivity index (χ3n) is 5.52. The molecule has 0 aromatic heterocycles. The van der Waals surface area contributed by atoms with Crippen molar-refractivity contribution in [2.75, 3.05) is 31.9 Å². The van der Waals surface area contributed by atoms with Crippen molar-refractivity contribution < 1.29 is 12.9 Å². The first-order chi connectivity index (χ1) is 12.3. The van der Waals surface area contributed by atoms with Gasteiger partial charge in [0.1, 0.15) is 0 Å². The molecule has 0 rings (SSSR count). The van der Waals surface area contributed by atoms with Gasteiger partial charge in [0.25, 0.3) is 0 Å². The molecule has 0 aromatic carbocycles. The highest BCUT2D eigenvalue weighted by atomic mass is 32.2. The lowest BCUT2D eigenvalue weighted by atomic mass is 10.1. The first kappa shape index (κ1) is 25.6. The van der Waals surface area contributed by atoms with E-state index in [1.807, 2.05) is 13.0 Å². The number of likely N-dealkylation sites (N-methyl/N-ethyl adjacent to an activating group) is 1. The molecule has 0 spiro atoms. The van der Waals surface area contributed by atoms with Crippen LogP contribution in [0.15, 0.2) is 12.7 Å². The number of nitrogens with one attached hydrogen (secondary N) is 1. The second-order valence-electron chi connectivity index (χ2n) is 7.77. The van der Waals surface area contributed by atoms with Gasteiger partial charge in [0.2, 0.25) is 10.0 Å². The van der Waals surface area contributed by atoms with Crippen molar-refractivity contribution in [3.05, 3.63) is 12.7 Å². The van der Waals surface area contributed by atoms with Gasteiger partial charge in [-0.25, -0.2) is 13.1 Å². The zero-order chi connectivity index (χ0) is 19.9. The molecule has 0 saturated carbocycles. The second-order valence-corrected chi connectivity index (χ2v) is 9.64. The van der Waals surface area contributed by atoms with Gasteiger partial charge in [0.05, 0.1) is 31.9 Å². The van der Waals surface area contributed by atoms with Crippen molar-refractivity contribution in [2.24, 2.45) is 0 Å². The minimum Gasteiger partial charge on any atom is -0.321 e. The van der Waals surface area contributed by atoms with Gasteiger partial charge in [-0.3, -0.25) is 0 Å². The first-order valence-corrected chi connectivity index (χ1v) is 12.5. The highest BCUT2D eigenvalue weighted by Crippen LogP contribution is 2.12. The predicted octanol–water partition coefficient (Wildman–Crippen LogP) is 4.87. The molecule has 0 amide bonds. The zero-order valence-corrected chi connectivity index (χ0v) is 18.7. The van der Waals surface area contributed by atoms with E-state index in [0.717, 1.165) is 62.8 Å². The summed E-state index contributed by atoms with van der Waals surface area (Å²) in [5.41, 5.74) is 0. The Morgan fingerprint density at radius 1 is 0.962 bits per heavy atom. The molecule has 0 heterocycles. The van der Waals surface area contributed by atoms with Gasteiger partial charge in [-0.2, -0.15) is 0 Å². The summed E-state index contributed by atoms with van der Waals surface area (Å²) in [7, 11) is -3.14. The fourth-order valence-corrected chi connectivity index (χ4v) is 5.00. The number of quaternary nitrogens is 1. The van der Waals surface area contributed by atoms with E-state index in [4.69, 9.17) is 0 Å².